The SMILES string of the molecule is COC(=O)C(COC(=O)C(CN)CO[S+](C)C(C)(C)C)NC(=O)c1nccc(OC)c1O. The van der Waals surface area contributed by atoms with Crippen LogP contribution < -0.4 is 15.8 Å². The molecule has 0 radical (unpaired) electrons. The number of nitrogens with one attached hydrogen (secondary N) is 1. The summed E-state index contributed by atoms with van der Waals surface area (Å²) in [4.78, 5) is 40.8. The van der Waals surface area contributed by atoms with Crippen LogP contribution in [0.1, 0.15) is 31.3 Å². The second-order valence-electron chi connectivity index (χ2n) is 7.67. The van der Waals surface area contributed by atoms with Crippen LogP contribution in [-0.4, -0.2) is 79.0 Å². The molecule has 1 amide bonds. The highest BCUT2D eigenvalue weighted by molar-refractivity contribution is 7.93. The zero-order valence-electron chi connectivity index (χ0n) is 19.2. The molecule has 0 aliphatic heterocycles. The molecule has 32 heavy (non-hydrogen) atoms. The number of hydrogen-bond acceptors (Lipinski definition) is 10. The number of nitrogens with two attached hydrogens (primary N) is 1. The summed E-state index contributed by atoms with van der Waals surface area (Å²) in [6, 6.07) is 0.0282. The molecule has 3 unspecified atom stereocenters. The van der Waals surface area contributed by atoms with E-state index in [1.807, 2.05) is 27.0 Å². The fraction of sp³-hybridized carbons (Fsp3) is 0.600. The molecular formula is C20H32N3O8S+. The third-order valence-corrected chi connectivity index (χ3v) is 6.65. The van der Waals surface area contributed by atoms with Crippen LogP contribution in [0.15, 0.2) is 12.3 Å². The van der Waals surface area contributed by atoms with E-state index in [-0.39, 0.29) is 29.3 Å². The van der Waals surface area contributed by atoms with E-state index in [0.717, 1.165) is 7.11 Å². The number of carbonyl (C=O) groups is 3. The Kier molecular flexibility index (Phi) is 10.7. The van der Waals surface area contributed by atoms with Crippen molar-refractivity contribution in [3.8, 4) is 11.5 Å². The molecule has 180 valence electrons. The van der Waals surface area contributed by atoms with Gasteiger partial charge in [-0.2, -0.15) is 4.18 Å². The Morgan fingerprint density at radius 2 is 1.88 bits per heavy atom. The van der Waals surface area contributed by atoms with E-state index in [4.69, 9.17) is 19.4 Å². The molecule has 0 aliphatic rings. The van der Waals surface area contributed by atoms with Crippen molar-refractivity contribution in [1.82, 2.24) is 10.3 Å². The lowest BCUT2D eigenvalue weighted by Gasteiger charge is -2.20. The summed E-state index contributed by atoms with van der Waals surface area (Å²) in [5.74, 6) is -3.62. The fourth-order valence-corrected chi connectivity index (χ4v) is 2.90. The summed E-state index contributed by atoms with van der Waals surface area (Å²) in [5.41, 5.74) is 5.31. The monoisotopic (exact) mass is 474 g/mol. The minimum absolute atomic E-state index is 0.0168. The second-order valence-corrected chi connectivity index (χ2v) is 10.0. The van der Waals surface area contributed by atoms with Crippen LogP contribution in [0.4, 0.5) is 0 Å². The summed E-state index contributed by atoms with van der Waals surface area (Å²) in [6.07, 6.45) is 3.18. The molecule has 12 heteroatoms. The molecule has 3 atom stereocenters. The number of carbonyl (C=O) groups excluding carboxylic acids is 3. The molecule has 0 bridgehead atoms. The molecule has 1 aromatic rings. The van der Waals surface area contributed by atoms with Gasteiger partial charge in [0.05, 0.1) is 20.1 Å². The smallest absolute Gasteiger partial charge is 0.331 e. The van der Waals surface area contributed by atoms with Gasteiger partial charge in [0.1, 0.15) is 30.6 Å². The van der Waals surface area contributed by atoms with E-state index in [1.165, 1.54) is 19.4 Å². The normalized spacial score (nSPS) is 14.1. The average Bonchev–Trinajstić information content (AvgIpc) is 2.75. The molecule has 0 saturated heterocycles. The highest BCUT2D eigenvalue weighted by Crippen LogP contribution is 2.27. The molecule has 0 saturated carbocycles. The van der Waals surface area contributed by atoms with Crippen molar-refractivity contribution in [2.75, 3.05) is 40.2 Å². The second kappa shape index (κ2) is 12.5. The number of aromatic nitrogens is 1. The predicted octanol–water partition coefficient (Wildman–Crippen LogP) is 0.164. The molecule has 0 aromatic carbocycles. The number of rotatable bonds is 11. The van der Waals surface area contributed by atoms with Crippen LogP contribution >= 0.6 is 0 Å². The molecule has 1 heterocycles. The van der Waals surface area contributed by atoms with Gasteiger partial charge in [0.2, 0.25) is 0 Å². The van der Waals surface area contributed by atoms with Gasteiger partial charge in [0.15, 0.2) is 28.0 Å². The van der Waals surface area contributed by atoms with Crippen LogP contribution in [0.5, 0.6) is 11.5 Å². The van der Waals surface area contributed by atoms with E-state index in [9.17, 15) is 19.5 Å². The Hall–Kier alpha value is -2.57. The first-order valence-electron chi connectivity index (χ1n) is 9.72. The number of amides is 1. The van der Waals surface area contributed by atoms with Crippen LogP contribution in [0.2, 0.25) is 0 Å². The third kappa shape index (κ3) is 7.84. The Labute approximate surface area is 190 Å². The molecular weight excluding hydrogens is 442 g/mol. The zero-order valence-corrected chi connectivity index (χ0v) is 20.0. The number of pyridine rings is 1. The van der Waals surface area contributed by atoms with Gasteiger partial charge in [-0.05, 0) is 20.8 Å². The maximum Gasteiger partial charge on any atom is 0.331 e. The quantitative estimate of drug-likeness (QED) is 0.298. The molecule has 4 N–H and O–H groups in total. The number of esters is 2. The van der Waals surface area contributed by atoms with Gasteiger partial charge in [-0.1, -0.05) is 0 Å². The lowest BCUT2D eigenvalue weighted by molar-refractivity contribution is -0.153. The van der Waals surface area contributed by atoms with Crippen molar-refractivity contribution in [3.63, 3.8) is 0 Å². The lowest BCUT2D eigenvalue weighted by Crippen LogP contribution is -2.46. The van der Waals surface area contributed by atoms with Crippen molar-refractivity contribution in [3.05, 3.63) is 18.0 Å². The number of methoxy groups -OCH3 is 2. The van der Waals surface area contributed by atoms with Crippen molar-refractivity contribution in [2.45, 2.75) is 31.6 Å². The van der Waals surface area contributed by atoms with Crippen LogP contribution in [0.3, 0.4) is 0 Å². The maximum absolute atomic E-state index is 12.5. The molecule has 1 aromatic heterocycles. The lowest BCUT2D eigenvalue weighted by atomic mass is 10.2. The topological polar surface area (TPSA) is 159 Å². The van der Waals surface area contributed by atoms with E-state index in [0.29, 0.717) is 0 Å². The number of aromatic hydroxyl groups is 1. The van der Waals surface area contributed by atoms with Crippen LogP contribution in [0, 0.1) is 5.92 Å². The third-order valence-electron chi connectivity index (χ3n) is 4.43. The van der Waals surface area contributed by atoms with Crippen molar-refractivity contribution < 1.29 is 37.9 Å². The predicted molar refractivity (Wildman–Crippen MR) is 118 cm³/mol. The van der Waals surface area contributed by atoms with Crippen LogP contribution in [-0.2, 0) is 34.4 Å². The minimum atomic E-state index is -1.33. The van der Waals surface area contributed by atoms with Crippen LogP contribution in [0.25, 0.3) is 0 Å². The van der Waals surface area contributed by atoms with Crippen molar-refractivity contribution in [1.29, 1.82) is 0 Å². The number of hydrogen-bond donors (Lipinski definition) is 3. The standard InChI is InChI=1S/C20H31N3O8S/c1-20(2,3)32(6)31-10-12(9-21)18(26)30-11-13(19(27)29-5)23-17(25)15-16(24)14(28-4)7-8-22-15/h7-8,12-13H,9-11,21H2,1-6H3,(H-,23,24,25)/p+1. The summed E-state index contributed by atoms with van der Waals surface area (Å²) in [5, 5.41) is 12.4. The summed E-state index contributed by atoms with van der Waals surface area (Å²) in [7, 11) is 2.43. The molecule has 11 nitrogen and oxygen atoms in total. The van der Waals surface area contributed by atoms with Gasteiger partial charge in [-0.25, -0.2) is 9.78 Å². The zero-order chi connectivity index (χ0) is 24.5. The highest BCUT2D eigenvalue weighted by Gasteiger charge is 2.34. The van der Waals surface area contributed by atoms with Gasteiger partial charge in [-0.3, -0.25) is 9.59 Å². The summed E-state index contributed by atoms with van der Waals surface area (Å²) < 4.78 is 20.4. The summed E-state index contributed by atoms with van der Waals surface area (Å²) >= 11 is -0.417. The first-order valence-corrected chi connectivity index (χ1v) is 11.3. The van der Waals surface area contributed by atoms with E-state index in [1.54, 1.807) is 0 Å². The van der Waals surface area contributed by atoms with Gasteiger partial charge in [0, 0.05) is 18.8 Å². The molecule has 1 rings (SSSR count). The Balaban J connectivity index is 2.80. The van der Waals surface area contributed by atoms with Gasteiger partial charge >= 0.3 is 11.9 Å². The largest absolute Gasteiger partial charge is 0.503 e. The highest BCUT2D eigenvalue weighted by atomic mass is 32.2. The van der Waals surface area contributed by atoms with Gasteiger partial charge < -0.3 is 30.4 Å². The fourth-order valence-electron chi connectivity index (χ4n) is 2.18. The summed E-state index contributed by atoms with van der Waals surface area (Å²) in [6.45, 7) is 5.59. The van der Waals surface area contributed by atoms with Gasteiger partial charge in [-0.15, -0.1) is 0 Å². The minimum Gasteiger partial charge on any atom is -0.503 e. The molecule has 0 spiro atoms. The number of nitrogens with zero attached hydrogens (tertiary/aromatic N) is 1. The Bertz CT molecular complexity index is 800. The first kappa shape index (κ1) is 27.5. The van der Waals surface area contributed by atoms with Crippen molar-refractivity contribution >= 4 is 29.0 Å². The Morgan fingerprint density at radius 3 is 2.41 bits per heavy atom. The average molecular weight is 475 g/mol. The first-order chi connectivity index (χ1) is 15.0. The van der Waals surface area contributed by atoms with E-state index in [2.05, 4.69) is 15.0 Å². The maximum atomic E-state index is 12.5. The van der Waals surface area contributed by atoms with Crippen molar-refractivity contribution in [2.24, 2.45) is 11.7 Å². The molecule has 0 fully saturated rings. The van der Waals surface area contributed by atoms with Gasteiger partial charge in [0.25, 0.3) is 5.91 Å². The van der Waals surface area contributed by atoms with E-state index >= 15 is 0 Å². The molecule has 0 aliphatic carbocycles. The van der Waals surface area contributed by atoms with E-state index < -0.39 is 53.3 Å². The Morgan fingerprint density at radius 1 is 1.22 bits per heavy atom. The number of ether oxygens (including phenoxy) is 3.